The number of H-pyrrole nitrogens is 1. The second kappa shape index (κ2) is 4.66. The Balaban J connectivity index is 1.51. The zero-order valence-electron chi connectivity index (χ0n) is 11.5. The zero-order chi connectivity index (χ0) is 14.3. The van der Waals surface area contributed by atoms with Crippen LogP contribution in [0, 0.1) is 11.3 Å². The first-order chi connectivity index (χ1) is 10.3. The average Bonchev–Trinajstić information content (AvgIpc) is 2.85. The van der Waals surface area contributed by atoms with E-state index >= 15 is 0 Å². The summed E-state index contributed by atoms with van der Waals surface area (Å²) in [6, 6.07) is 5.64. The molecular weight excluding hydrogens is 268 g/mol. The first-order valence-corrected chi connectivity index (χ1v) is 7.12. The maximum absolute atomic E-state index is 12.4. The number of anilines is 1. The van der Waals surface area contributed by atoms with Crippen LogP contribution in [0.2, 0.25) is 0 Å². The first kappa shape index (κ1) is 12.5. The van der Waals surface area contributed by atoms with E-state index in [4.69, 9.17) is 4.74 Å². The highest BCUT2D eigenvalue weighted by Crippen LogP contribution is 2.58. The molecule has 1 amide bonds. The number of hydrogen-bond donors (Lipinski definition) is 2. The summed E-state index contributed by atoms with van der Waals surface area (Å²) < 4.78 is 5.42. The summed E-state index contributed by atoms with van der Waals surface area (Å²) in [6.07, 6.45) is 5.26. The zero-order valence-corrected chi connectivity index (χ0v) is 11.5. The van der Waals surface area contributed by atoms with Crippen molar-refractivity contribution in [3.05, 3.63) is 30.6 Å². The third-order valence-corrected chi connectivity index (χ3v) is 4.46. The summed E-state index contributed by atoms with van der Waals surface area (Å²) in [5.74, 6) is 0.116. The number of hydrogen-bond acceptors (Lipinski definition) is 4. The maximum Gasteiger partial charge on any atom is 0.228 e. The van der Waals surface area contributed by atoms with Gasteiger partial charge in [-0.15, -0.1) is 0 Å². The largest absolute Gasteiger partial charge is 0.381 e. The molecule has 2 aliphatic rings. The Labute approximate surface area is 121 Å². The monoisotopic (exact) mass is 284 g/mol. The fourth-order valence-electron chi connectivity index (χ4n) is 3.08. The van der Waals surface area contributed by atoms with Crippen LogP contribution < -0.4 is 5.32 Å². The first-order valence-electron chi connectivity index (χ1n) is 7.12. The normalized spacial score (nSPS) is 27.0. The van der Waals surface area contributed by atoms with Crippen LogP contribution in [0.3, 0.4) is 0 Å². The van der Waals surface area contributed by atoms with Gasteiger partial charge in [-0.2, -0.15) is 5.10 Å². The lowest BCUT2D eigenvalue weighted by molar-refractivity contribution is -0.118. The highest BCUT2D eigenvalue weighted by atomic mass is 16.5. The SMILES string of the molecule is O=C(Nc1cn[nH]c1-c1ccccn1)C1CC12CCOC2. The van der Waals surface area contributed by atoms with Crippen molar-refractivity contribution in [3.8, 4) is 11.4 Å². The molecule has 1 aliphatic heterocycles. The summed E-state index contributed by atoms with van der Waals surface area (Å²) in [5.41, 5.74) is 2.28. The average molecular weight is 284 g/mol. The Morgan fingerprint density at radius 2 is 2.43 bits per heavy atom. The predicted octanol–water partition coefficient (Wildman–Crippen LogP) is 1.84. The van der Waals surface area contributed by atoms with Crippen LogP contribution in [-0.4, -0.2) is 34.3 Å². The topological polar surface area (TPSA) is 79.9 Å². The molecule has 2 aromatic heterocycles. The molecule has 2 aromatic rings. The number of pyridine rings is 1. The molecule has 0 aromatic carbocycles. The smallest absolute Gasteiger partial charge is 0.228 e. The van der Waals surface area contributed by atoms with Gasteiger partial charge in [-0.25, -0.2) is 0 Å². The molecule has 1 spiro atoms. The van der Waals surface area contributed by atoms with E-state index in [9.17, 15) is 4.79 Å². The van der Waals surface area contributed by atoms with E-state index in [1.807, 2.05) is 18.2 Å². The van der Waals surface area contributed by atoms with Crippen molar-refractivity contribution in [1.29, 1.82) is 0 Å². The van der Waals surface area contributed by atoms with E-state index in [2.05, 4.69) is 20.5 Å². The lowest BCUT2D eigenvalue weighted by atomic mass is 10.0. The quantitative estimate of drug-likeness (QED) is 0.901. The van der Waals surface area contributed by atoms with Crippen molar-refractivity contribution in [1.82, 2.24) is 15.2 Å². The van der Waals surface area contributed by atoms with Gasteiger partial charge in [-0.3, -0.25) is 14.9 Å². The van der Waals surface area contributed by atoms with Crippen molar-refractivity contribution in [2.45, 2.75) is 12.8 Å². The van der Waals surface area contributed by atoms with Crippen molar-refractivity contribution in [3.63, 3.8) is 0 Å². The molecule has 21 heavy (non-hydrogen) atoms. The third-order valence-electron chi connectivity index (χ3n) is 4.46. The van der Waals surface area contributed by atoms with Crippen LogP contribution in [-0.2, 0) is 9.53 Å². The Bertz CT molecular complexity index is 661. The minimum absolute atomic E-state index is 0.0547. The number of aromatic amines is 1. The number of nitrogens with one attached hydrogen (secondary N) is 2. The maximum atomic E-state index is 12.4. The number of nitrogens with zero attached hydrogens (tertiary/aromatic N) is 2. The van der Waals surface area contributed by atoms with Crippen LogP contribution in [0.5, 0.6) is 0 Å². The number of carbonyl (C=O) groups excluding carboxylic acids is 1. The fourth-order valence-corrected chi connectivity index (χ4v) is 3.08. The van der Waals surface area contributed by atoms with Gasteiger partial charge >= 0.3 is 0 Å². The summed E-state index contributed by atoms with van der Waals surface area (Å²) >= 11 is 0. The molecule has 2 N–H and O–H groups in total. The van der Waals surface area contributed by atoms with Gasteiger partial charge in [-0.1, -0.05) is 6.07 Å². The second-order valence-corrected chi connectivity index (χ2v) is 5.78. The minimum Gasteiger partial charge on any atom is -0.381 e. The molecule has 0 bridgehead atoms. The second-order valence-electron chi connectivity index (χ2n) is 5.78. The molecule has 6 heteroatoms. The molecule has 2 atom stereocenters. The molecular formula is C15H16N4O2. The fraction of sp³-hybridized carbons (Fsp3) is 0.400. The lowest BCUT2D eigenvalue weighted by Gasteiger charge is -2.08. The molecule has 108 valence electrons. The summed E-state index contributed by atoms with van der Waals surface area (Å²) in [5, 5.41) is 9.89. The predicted molar refractivity (Wildman–Crippen MR) is 76.4 cm³/mol. The van der Waals surface area contributed by atoms with Crippen LogP contribution in [0.1, 0.15) is 12.8 Å². The van der Waals surface area contributed by atoms with Gasteiger partial charge < -0.3 is 10.1 Å². The van der Waals surface area contributed by atoms with Gasteiger partial charge in [0.15, 0.2) is 0 Å². The van der Waals surface area contributed by atoms with Crippen molar-refractivity contribution < 1.29 is 9.53 Å². The summed E-state index contributed by atoms with van der Waals surface area (Å²) in [4.78, 5) is 16.7. The van der Waals surface area contributed by atoms with Crippen LogP contribution >= 0.6 is 0 Å². The van der Waals surface area contributed by atoms with E-state index in [-0.39, 0.29) is 17.2 Å². The van der Waals surface area contributed by atoms with Crippen molar-refractivity contribution in [2.24, 2.45) is 11.3 Å². The van der Waals surface area contributed by atoms with E-state index in [1.165, 1.54) is 0 Å². The molecule has 3 heterocycles. The van der Waals surface area contributed by atoms with E-state index in [1.54, 1.807) is 12.4 Å². The van der Waals surface area contributed by atoms with E-state index in [0.717, 1.165) is 30.8 Å². The highest BCUT2D eigenvalue weighted by Gasteiger charge is 2.59. The van der Waals surface area contributed by atoms with Gasteiger partial charge in [0.1, 0.15) is 5.69 Å². The van der Waals surface area contributed by atoms with Gasteiger partial charge in [0, 0.05) is 24.1 Å². The Hall–Kier alpha value is -2.21. The number of rotatable bonds is 3. The van der Waals surface area contributed by atoms with Crippen LogP contribution in [0.4, 0.5) is 5.69 Å². The summed E-state index contributed by atoms with van der Waals surface area (Å²) in [6.45, 7) is 1.48. The number of aromatic nitrogens is 3. The molecule has 6 nitrogen and oxygen atoms in total. The summed E-state index contributed by atoms with van der Waals surface area (Å²) in [7, 11) is 0. The molecule has 4 rings (SSSR count). The van der Waals surface area contributed by atoms with Gasteiger partial charge in [0.05, 0.1) is 24.2 Å². The number of amides is 1. The number of ether oxygens (including phenoxy) is 1. The highest BCUT2D eigenvalue weighted by molar-refractivity contribution is 5.97. The molecule has 2 unspecified atom stereocenters. The molecule has 1 aliphatic carbocycles. The molecule has 2 fully saturated rings. The molecule has 0 radical (unpaired) electrons. The Morgan fingerprint density at radius 3 is 3.19 bits per heavy atom. The van der Waals surface area contributed by atoms with E-state index in [0.29, 0.717) is 12.3 Å². The Kier molecular flexibility index (Phi) is 2.78. The van der Waals surface area contributed by atoms with Gasteiger partial charge in [0.25, 0.3) is 0 Å². The molecule has 1 saturated heterocycles. The van der Waals surface area contributed by atoms with Crippen molar-refractivity contribution >= 4 is 11.6 Å². The minimum atomic E-state index is 0.0547. The molecule has 1 saturated carbocycles. The van der Waals surface area contributed by atoms with Crippen molar-refractivity contribution in [2.75, 3.05) is 18.5 Å². The standard InChI is InChI=1S/C15H16N4O2/c20-14(10-7-15(10)4-6-21-9-15)18-12-8-17-19-13(12)11-3-1-2-5-16-11/h1-3,5,8,10H,4,6-7,9H2,(H,17,19)(H,18,20). The number of carbonyl (C=O) groups is 1. The van der Waals surface area contributed by atoms with Crippen LogP contribution in [0.15, 0.2) is 30.6 Å². The van der Waals surface area contributed by atoms with E-state index < -0.39 is 0 Å². The van der Waals surface area contributed by atoms with Gasteiger partial charge in [-0.05, 0) is 25.0 Å². The third kappa shape index (κ3) is 2.12. The van der Waals surface area contributed by atoms with Gasteiger partial charge in [0.2, 0.25) is 5.91 Å². The Morgan fingerprint density at radius 1 is 1.48 bits per heavy atom. The van der Waals surface area contributed by atoms with Crippen LogP contribution in [0.25, 0.3) is 11.4 Å². The lowest BCUT2D eigenvalue weighted by Crippen LogP contribution is -2.19.